The zero-order chi connectivity index (χ0) is 21.2. The van der Waals surface area contributed by atoms with E-state index in [1.807, 2.05) is 0 Å². The van der Waals surface area contributed by atoms with E-state index < -0.39 is 30.1 Å². The van der Waals surface area contributed by atoms with E-state index in [0.717, 1.165) is 12.1 Å². The van der Waals surface area contributed by atoms with Crippen molar-refractivity contribution in [3.8, 4) is 0 Å². The molecule has 9 heteroatoms. The molecule has 0 spiro atoms. The SMILES string of the molecule is COC=C(C(=O)OC)c1ccccc1C=NOC(=O)CNc1ccc(F)cc1F. The van der Waals surface area contributed by atoms with E-state index in [2.05, 4.69) is 10.5 Å². The molecule has 0 radical (unpaired) electrons. The number of carbonyl (C=O) groups excluding carboxylic acids is 2. The van der Waals surface area contributed by atoms with Crippen LogP contribution in [0.25, 0.3) is 5.57 Å². The average molecular weight is 404 g/mol. The molecule has 2 aromatic carbocycles. The third kappa shape index (κ3) is 6.13. The molecule has 0 unspecified atom stereocenters. The number of ether oxygens (including phenoxy) is 2. The van der Waals surface area contributed by atoms with Crippen LogP contribution in [0.15, 0.2) is 53.9 Å². The molecule has 0 aliphatic rings. The quantitative estimate of drug-likeness (QED) is 0.182. The van der Waals surface area contributed by atoms with Gasteiger partial charge in [-0.25, -0.2) is 18.4 Å². The van der Waals surface area contributed by atoms with Crippen LogP contribution in [0, 0.1) is 11.6 Å². The summed E-state index contributed by atoms with van der Waals surface area (Å²) in [5.41, 5.74) is 1.01. The first-order valence-corrected chi connectivity index (χ1v) is 8.29. The van der Waals surface area contributed by atoms with Crippen molar-refractivity contribution in [3.05, 3.63) is 71.5 Å². The first-order chi connectivity index (χ1) is 14.0. The highest BCUT2D eigenvalue weighted by molar-refractivity contribution is 6.18. The molecule has 0 fully saturated rings. The Balaban J connectivity index is 2.04. The fourth-order valence-electron chi connectivity index (χ4n) is 2.28. The van der Waals surface area contributed by atoms with Crippen LogP contribution < -0.4 is 5.32 Å². The topological polar surface area (TPSA) is 86.2 Å². The second-order valence-corrected chi connectivity index (χ2v) is 5.52. The minimum absolute atomic E-state index is 0.0508. The third-order valence-corrected chi connectivity index (χ3v) is 3.59. The van der Waals surface area contributed by atoms with Crippen LogP contribution in [-0.2, 0) is 23.9 Å². The highest BCUT2D eigenvalue weighted by atomic mass is 19.1. The lowest BCUT2D eigenvalue weighted by Crippen LogP contribution is -2.15. The second-order valence-electron chi connectivity index (χ2n) is 5.52. The first-order valence-electron chi connectivity index (χ1n) is 8.29. The van der Waals surface area contributed by atoms with Crippen LogP contribution >= 0.6 is 0 Å². The molecule has 2 aromatic rings. The van der Waals surface area contributed by atoms with Crippen molar-refractivity contribution in [3.63, 3.8) is 0 Å². The number of carbonyl (C=O) groups is 2. The van der Waals surface area contributed by atoms with Gasteiger partial charge in [0.25, 0.3) is 0 Å². The Morgan fingerprint density at radius 2 is 1.90 bits per heavy atom. The predicted octanol–water partition coefficient (Wildman–Crippen LogP) is 3.11. The number of oxime groups is 1. The summed E-state index contributed by atoms with van der Waals surface area (Å²) in [6.45, 7) is -0.390. The standard InChI is InChI=1S/C20H18F2N2O5/c1-27-12-16(20(26)28-2)15-6-4-3-5-13(15)10-24-29-19(25)11-23-18-8-7-14(21)9-17(18)22/h3-10,12,23H,11H2,1-2H3. The highest BCUT2D eigenvalue weighted by Gasteiger charge is 2.16. The first kappa shape index (κ1) is 21.5. The molecule has 0 aliphatic carbocycles. The van der Waals surface area contributed by atoms with E-state index in [4.69, 9.17) is 14.3 Å². The van der Waals surface area contributed by atoms with Gasteiger partial charge in [-0.15, -0.1) is 0 Å². The molecule has 0 atom stereocenters. The van der Waals surface area contributed by atoms with Gasteiger partial charge in [-0.3, -0.25) is 0 Å². The van der Waals surface area contributed by atoms with Gasteiger partial charge in [-0.05, 0) is 12.1 Å². The Bertz CT molecular complexity index is 944. The zero-order valence-corrected chi connectivity index (χ0v) is 15.6. The minimum Gasteiger partial charge on any atom is -0.503 e. The largest absolute Gasteiger partial charge is 0.503 e. The fraction of sp³-hybridized carbons (Fsp3) is 0.150. The van der Waals surface area contributed by atoms with Crippen LogP contribution in [-0.4, -0.2) is 38.9 Å². The molecule has 0 aliphatic heterocycles. The summed E-state index contributed by atoms with van der Waals surface area (Å²) in [4.78, 5) is 28.4. The van der Waals surface area contributed by atoms with Gasteiger partial charge in [0, 0.05) is 17.2 Å². The van der Waals surface area contributed by atoms with Crippen molar-refractivity contribution in [2.75, 3.05) is 26.1 Å². The third-order valence-electron chi connectivity index (χ3n) is 3.59. The average Bonchev–Trinajstić information content (AvgIpc) is 2.71. The van der Waals surface area contributed by atoms with E-state index in [0.29, 0.717) is 17.2 Å². The minimum atomic E-state index is -0.838. The molecule has 0 aromatic heterocycles. The number of anilines is 1. The van der Waals surface area contributed by atoms with Gasteiger partial charge in [-0.2, -0.15) is 0 Å². The molecule has 29 heavy (non-hydrogen) atoms. The summed E-state index contributed by atoms with van der Waals surface area (Å²) in [5.74, 6) is -2.98. The number of nitrogens with zero attached hydrogens (tertiary/aromatic N) is 1. The van der Waals surface area contributed by atoms with Crippen LogP contribution in [0.3, 0.4) is 0 Å². The Morgan fingerprint density at radius 1 is 1.14 bits per heavy atom. The number of rotatable bonds is 8. The molecule has 2 rings (SSSR count). The summed E-state index contributed by atoms with van der Waals surface area (Å²) in [5, 5.41) is 6.07. The number of hydrogen-bond donors (Lipinski definition) is 1. The van der Waals surface area contributed by atoms with E-state index in [-0.39, 0.29) is 11.3 Å². The molecule has 1 N–H and O–H groups in total. The summed E-state index contributed by atoms with van der Waals surface area (Å²) < 4.78 is 36.0. The molecule has 152 valence electrons. The maximum atomic E-state index is 13.5. The molecule has 0 saturated carbocycles. The Kier molecular flexibility index (Phi) is 7.84. The summed E-state index contributed by atoms with van der Waals surface area (Å²) in [6.07, 6.45) is 2.46. The summed E-state index contributed by atoms with van der Waals surface area (Å²) >= 11 is 0. The normalized spacial score (nSPS) is 11.2. The number of halogens is 2. The van der Waals surface area contributed by atoms with Gasteiger partial charge in [0.05, 0.1) is 32.4 Å². The highest BCUT2D eigenvalue weighted by Crippen LogP contribution is 2.20. The van der Waals surface area contributed by atoms with Gasteiger partial charge in [-0.1, -0.05) is 29.4 Å². The molecule has 0 heterocycles. The fourth-order valence-corrected chi connectivity index (χ4v) is 2.28. The molecule has 0 amide bonds. The van der Waals surface area contributed by atoms with Crippen molar-refractivity contribution in [1.82, 2.24) is 0 Å². The van der Waals surface area contributed by atoms with Gasteiger partial charge in [0.2, 0.25) is 0 Å². The van der Waals surface area contributed by atoms with Gasteiger partial charge < -0.3 is 19.6 Å². The van der Waals surface area contributed by atoms with Crippen LogP contribution in [0.1, 0.15) is 11.1 Å². The molecular formula is C20H18F2N2O5. The number of esters is 1. The Hall–Kier alpha value is -3.75. The summed E-state index contributed by atoms with van der Waals surface area (Å²) in [6, 6.07) is 9.59. The van der Waals surface area contributed by atoms with Crippen LogP contribution in [0.5, 0.6) is 0 Å². The van der Waals surface area contributed by atoms with E-state index >= 15 is 0 Å². The van der Waals surface area contributed by atoms with Crippen molar-refractivity contribution in [1.29, 1.82) is 0 Å². The molecular weight excluding hydrogens is 386 g/mol. The maximum Gasteiger partial charge on any atom is 0.353 e. The lowest BCUT2D eigenvalue weighted by molar-refractivity contribution is -0.141. The van der Waals surface area contributed by atoms with Crippen molar-refractivity contribution >= 4 is 29.4 Å². The monoisotopic (exact) mass is 404 g/mol. The predicted molar refractivity (Wildman–Crippen MR) is 102 cm³/mol. The van der Waals surface area contributed by atoms with Gasteiger partial charge in [0.15, 0.2) is 0 Å². The number of benzene rings is 2. The van der Waals surface area contributed by atoms with Crippen LogP contribution in [0.2, 0.25) is 0 Å². The lowest BCUT2D eigenvalue weighted by Gasteiger charge is -2.08. The van der Waals surface area contributed by atoms with Gasteiger partial charge in [0.1, 0.15) is 23.8 Å². The Labute approximate surface area is 165 Å². The molecule has 7 nitrogen and oxygen atoms in total. The van der Waals surface area contributed by atoms with Gasteiger partial charge >= 0.3 is 11.9 Å². The smallest absolute Gasteiger partial charge is 0.353 e. The second kappa shape index (κ2) is 10.5. The van der Waals surface area contributed by atoms with Crippen molar-refractivity contribution < 1.29 is 32.7 Å². The summed E-state index contributed by atoms with van der Waals surface area (Å²) in [7, 11) is 2.62. The van der Waals surface area contributed by atoms with Crippen molar-refractivity contribution in [2.24, 2.45) is 5.16 Å². The lowest BCUT2D eigenvalue weighted by atomic mass is 10.0. The number of nitrogens with one attached hydrogen (secondary N) is 1. The number of hydrogen-bond acceptors (Lipinski definition) is 7. The van der Waals surface area contributed by atoms with E-state index in [1.54, 1.807) is 24.3 Å². The number of methoxy groups -OCH3 is 2. The Morgan fingerprint density at radius 3 is 2.59 bits per heavy atom. The van der Waals surface area contributed by atoms with E-state index in [9.17, 15) is 18.4 Å². The van der Waals surface area contributed by atoms with Crippen molar-refractivity contribution in [2.45, 2.75) is 0 Å². The van der Waals surface area contributed by atoms with Crippen LogP contribution in [0.4, 0.5) is 14.5 Å². The van der Waals surface area contributed by atoms with E-state index in [1.165, 1.54) is 26.7 Å². The molecule has 0 bridgehead atoms. The molecule has 0 saturated heterocycles. The maximum absolute atomic E-state index is 13.5. The zero-order valence-electron chi connectivity index (χ0n) is 15.6.